The first-order valence-electron chi connectivity index (χ1n) is 11.5. The molecular formula is C25H29N7O2. The van der Waals surface area contributed by atoms with Gasteiger partial charge in [-0.25, -0.2) is 15.0 Å². The molecule has 4 aromatic rings. The van der Waals surface area contributed by atoms with Crippen LogP contribution in [0.3, 0.4) is 0 Å². The third-order valence-corrected chi connectivity index (χ3v) is 6.01. The minimum Gasteiger partial charge on any atom is -0.494 e. The van der Waals surface area contributed by atoms with Crippen molar-refractivity contribution >= 4 is 16.7 Å². The smallest absolute Gasteiger partial charge is 0.163 e. The fourth-order valence-electron chi connectivity index (χ4n) is 4.11. The first-order valence-corrected chi connectivity index (χ1v) is 11.5. The van der Waals surface area contributed by atoms with Crippen LogP contribution in [-0.4, -0.2) is 56.1 Å². The average molecular weight is 460 g/mol. The van der Waals surface area contributed by atoms with Crippen LogP contribution in [0.2, 0.25) is 0 Å². The van der Waals surface area contributed by atoms with Gasteiger partial charge in [0, 0.05) is 53.8 Å². The van der Waals surface area contributed by atoms with Gasteiger partial charge in [-0.1, -0.05) is 19.1 Å². The van der Waals surface area contributed by atoms with E-state index >= 15 is 0 Å². The monoisotopic (exact) mass is 459 g/mol. The van der Waals surface area contributed by atoms with Crippen LogP contribution < -0.4 is 10.1 Å². The molecule has 0 aliphatic carbocycles. The van der Waals surface area contributed by atoms with Crippen LogP contribution in [0.4, 0.5) is 5.82 Å². The number of ether oxygens (including phenoxy) is 2. The molecule has 176 valence electrons. The van der Waals surface area contributed by atoms with Gasteiger partial charge in [-0.2, -0.15) is 0 Å². The highest BCUT2D eigenvalue weighted by Crippen LogP contribution is 2.30. The standard InChI is InChI=1S/C25H29N7O2/c1-5-34-20-9-18(24-31-28-15-32(24)4)7-6-17(20)10-21-26-11-19-8-16(2)29-23(22(19)30-21)27-12-25(3)13-33-14-25/h6-9,11,15H,5,10,12-14H2,1-4H3,(H,27,29). The molecule has 0 unspecified atom stereocenters. The maximum Gasteiger partial charge on any atom is 0.163 e. The Kier molecular flexibility index (Phi) is 5.87. The van der Waals surface area contributed by atoms with Crippen LogP contribution in [-0.2, 0) is 18.2 Å². The molecule has 9 heteroatoms. The lowest BCUT2D eigenvalue weighted by Crippen LogP contribution is -2.45. The maximum atomic E-state index is 5.96. The number of nitrogens with zero attached hydrogens (tertiary/aromatic N) is 6. The van der Waals surface area contributed by atoms with Gasteiger partial charge in [-0.3, -0.25) is 0 Å². The summed E-state index contributed by atoms with van der Waals surface area (Å²) in [5.41, 5.74) is 3.85. The highest BCUT2D eigenvalue weighted by molar-refractivity contribution is 5.88. The zero-order valence-corrected chi connectivity index (χ0v) is 20.0. The van der Waals surface area contributed by atoms with Gasteiger partial charge in [0.05, 0.1) is 19.8 Å². The summed E-state index contributed by atoms with van der Waals surface area (Å²) in [6, 6.07) is 8.09. The van der Waals surface area contributed by atoms with Gasteiger partial charge >= 0.3 is 0 Å². The van der Waals surface area contributed by atoms with Crippen molar-refractivity contribution in [1.29, 1.82) is 0 Å². The van der Waals surface area contributed by atoms with E-state index in [0.29, 0.717) is 18.9 Å². The van der Waals surface area contributed by atoms with Crippen molar-refractivity contribution < 1.29 is 9.47 Å². The largest absolute Gasteiger partial charge is 0.494 e. The van der Waals surface area contributed by atoms with Crippen molar-refractivity contribution in [1.82, 2.24) is 29.7 Å². The number of benzene rings is 1. The molecular weight excluding hydrogens is 430 g/mol. The number of aromatic nitrogens is 6. The quantitative estimate of drug-likeness (QED) is 0.427. The van der Waals surface area contributed by atoms with Crippen LogP contribution in [0, 0.1) is 12.3 Å². The Balaban J connectivity index is 1.45. The molecule has 0 spiro atoms. The molecule has 9 nitrogen and oxygen atoms in total. The van der Waals surface area contributed by atoms with Crippen molar-refractivity contribution in [2.24, 2.45) is 12.5 Å². The molecule has 34 heavy (non-hydrogen) atoms. The topological polar surface area (TPSA) is 99.9 Å². The van der Waals surface area contributed by atoms with Crippen molar-refractivity contribution in [3.05, 3.63) is 53.9 Å². The van der Waals surface area contributed by atoms with E-state index < -0.39 is 0 Å². The Morgan fingerprint density at radius 3 is 2.76 bits per heavy atom. The number of nitrogens with one attached hydrogen (secondary N) is 1. The Morgan fingerprint density at radius 1 is 1.21 bits per heavy atom. The molecule has 1 aliphatic heterocycles. The van der Waals surface area contributed by atoms with E-state index in [4.69, 9.17) is 19.4 Å². The molecule has 1 saturated heterocycles. The summed E-state index contributed by atoms with van der Waals surface area (Å²) in [7, 11) is 1.92. The van der Waals surface area contributed by atoms with Gasteiger partial charge in [0.25, 0.3) is 0 Å². The predicted octanol–water partition coefficient (Wildman–Crippen LogP) is 3.57. The van der Waals surface area contributed by atoms with Gasteiger partial charge in [0.2, 0.25) is 0 Å². The highest BCUT2D eigenvalue weighted by Gasteiger charge is 2.33. The molecule has 3 aromatic heterocycles. The van der Waals surface area contributed by atoms with Crippen LogP contribution in [0.25, 0.3) is 22.3 Å². The van der Waals surface area contributed by atoms with E-state index in [1.54, 1.807) is 6.33 Å². The zero-order valence-electron chi connectivity index (χ0n) is 20.0. The van der Waals surface area contributed by atoms with Crippen LogP contribution >= 0.6 is 0 Å². The Morgan fingerprint density at radius 2 is 2.06 bits per heavy atom. The third kappa shape index (κ3) is 4.43. The summed E-state index contributed by atoms with van der Waals surface area (Å²) in [4.78, 5) is 14.3. The number of pyridine rings is 1. The molecule has 0 bridgehead atoms. The first kappa shape index (κ1) is 22.2. The second-order valence-electron chi connectivity index (χ2n) is 9.19. The zero-order chi connectivity index (χ0) is 23.7. The van der Waals surface area contributed by atoms with E-state index in [1.807, 2.05) is 55.9 Å². The summed E-state index contributed by atoms with van der Waals surface area (Å²) in [5.74, 6) is 3.09. The van der Waals surface area contributed by atoms with E-state index in [0.717, 1.165) is 64.9 Å². The summed E-state index contributed by atoms with van der Waals surface area (Å²) in [6.45, 7) is 9.04. The number of hydrogen-bond acceptors (Lipinski definition) is 8. The Hall–Kier alpha value is -3.59. The summed E-state index contributed by atoms with van der Waals surface area (Å²) >= 11 is 0. The lowest BCUT2D eigenvalue weighted by atomic mass is 9.89. The van der Waals surface area contributed by atoms with Crippen LogP contribution in [0.15, 0.2) is 36.8 Å². The van der Waals surface area contributed by atoms with E-state index in [-0.39, 0.29) is 5.41 Å². The molecule has 0 amide bonds. The number of hydrogen-bond donors (Lipinski definition) is 1. The first-order chi connectivity index (χ1) is 16.4. The summed E-state index contributed by atoms with van der Waals surface area (Å²) in [6.07, 6.45) is 4.11. The van der Waals surface area contributed by atoms with Crippen LogP contribution in [0.5, 0.6) is 5.75 Å². The molecule has 1 N–H and O–H groups in total. The van der Waals surface area contributed by atoms with Crippen molar-refractivity contribution in [2.75, 3.05) is 31.7 Å². The minimum absolute atomic E-state index is 0.129. The minimum atomic E-state index is 0.129. The van der Waals surface area contributed by atoms with Crippen molar-refractivity contribution in [3.63, 3.8) is 0 Å². The summed E-state index contributed by atoms with van der Waals surface area (Å²) < 4.78 is 13.2. The Bertz CT molecular complexity index is 1330. The van der Waals surface area contributed by atoms with Gasteiger partial charge in [0.15, 0.2) is 11.6 Å². The molecule has 1 aliphatic rings. The molecule has 5 rings (SSSR count). The molecule has 0 radical (unpaired) electrons. The summed E-state index contributed by atoms with van der Waals surface area (Å²) in [5, 5.41) is 12.7. The van der Waals surface area contributed by atoms with Gasteiger partial charge in [0.1, 0.15) is 23.4 Å². The van der Waals surface area contributed by atoms with Gasteiger partial charge in [-0.15, -0.1) is 10.2 Å². The molecule has 4 heterocycles. The van der Waals surface area contributed by atoms with E-state index in [9.17, 15) is 0 Å². The molecule has 1 aromatic carbocycles. The maximum absolute atomic E-state index is 5.96. The average Bonchev–Trinajstić information content (AvgIpc) is 3.23. The SMILES string of the molecule is CCOc1cc(-c2nncn2C)ccc1Cc1ncc2cc(C)nc(NCC3(C)COC3)c2n1. The predicted molar refractivity (Wildman–Crippen MR) is 130 cm³/mol. The fraction of sp³-hybridized carbons (Fsp3) is 0.400. The van der Waals surface area contributed by atoms with Crippen molar-refractivity contribution in [2.45, 2.75) is 27.2 Å². The fourth-order valence-corrected chi connectivity index (χ4v) is 4.11. The second kappa shape index (κ2) is 8.98. The number of rotatable bonds is 8. The number of aryl methyl sites for hydroxylation is 2. The number of anilines is 1. The number of fused-ring (bicyclic) bond motifs is 1. The lowest BCUT2D eigenvalue weighted by Gasteiger charge is -2.38. The van der Waals surface area contributed by atoms with Gasteiger partial charge < -0.3 is 19.4 Å². The van der Waals surface area contributed by atoms with E-state index in [1.165, 1.54) is 0 Å². The van der Waals surface area contributed by atoms with Crippen LogP contribution in [0.1, 0.15) is 30.9 Å². The van der Waals surface area contributed by atoms with E-state index in [2.05, 4.69) is 27.4 Å². The Labute approximate surface area is 198 Å². The second-order valence-corrected chi connectivity index (χ2v) is 9.19. The lowest BCUT2D eigenvalue weighted by molar-refractivity contribution is -0.0924. The van der Waals surface area contributed by atoms with Gasteiger partial charge in [-0.05, 0) is 26.0 Å². The molecule has 1 fully saturated rings. The normalized spacial score (nSPS) is 14.7. The van der Waals surface area contributed by atoms with Crippen molar-refractivity contribution in [3.8, 4) is 17.1 Å². The highest BCUT2D eigenvalue weighted by atomic mass is 16.5. The molecule has 0 atom stereocenters. The third-order valence-electron chi connectivity index (χ3n) is 6.01. The molecule has 0 saturated carbocycles.